The Bertz CT molecular complexity index is 869. The minimum Gasteiger partial charge on any atom is -0.392 e. The quantitative estimate of drug-likeness (QED) is 0.472. The summed E-state index contributed by atoms with van der Waals surface area (Å²) < 4.78 is 0.840. The molecule has 0 spiro atoms. The highest BCUT2D eigenvalue weighted by molar-refractivity contribution is 7.19. The number of aliphatic hydroxyl groups excluding tert-OH is 2. The van der Waals surface area contributed by atoms with Crippen LogP contribution < -0.4 is 10.6 Å². The van der Waals surface area contributed by atoms with E-state index in [-0.39, 0.29) is 12.6 Å². The molecule has 0 aliphatic carbocycles. The van der Waals surface area contributed by atoms with Crippen molar-refractivity contribution in [1.82, 2.24) is 20.3 Å². The molecule has 0 amide bonds. The van der Waals surface area contributed by atoms with Crippen molar-refractivity contribution < 1.29 is 10.2 Å². The second-order valence-electron chi connectivity index (χ2n) is 6.32. The van der Waals surface area contributed by atoms with Crippen molar-refractivity contribution in [3.8, 4) is 0 Å². The van der Waals surface area contributed by atoms with Gasteiger partial charge in [-0.2, -0.15) is 0 Å². The molecule has 0 saturated heterocycles. The molecule has 0 saturated carbocycles. The maximum atomic E-state index is 10.5. The van der Waals surface area contributed by atoms with Crippen molar-refractivity contribution in [1.29, 1.82) is 0 Å². The molecule has 7 nitrogen and oxygen atoms in total. The standard InChI is InChI=1S/C18H23N5O2S/c1-10(24)8-20-17(25)15-16-14(7-11(2)26-16)22-18(23-15)21-12(3)13-5-4-6-19-9-13/h4-7,9-10,12,17,20,24-25H,8H2,1-3H3,(H,21,22,23). The molecule has 138 valence electrons. The predicted octanol–water partition coefficient (Wildman–Crippen LogP) is 2.53. The number of anilines is 1. The van der Waals surface area contributed by atoms with E-state index in [9.17, 15) is 10.2 Å². The number of pyridine rings is 1. The van der Waals surface area contributed by atoms with Crippen molar-refractivity contribution in [2.75, 3.05) is 11.9 Å². The minimum atomic E-state index is -0.984. The molecular weight excluding hydrogens is 350 g/mol. The van der Waals surface area contributed by atoms with Crippen LogP contribution in [0.5, 0.6) is 0 Å². The number of nitrogens with one attached hydrogen (secondary N) is 2. The molecule has 3 heterocycles. The van der Waals surface area contributed by atoms with Crippen molar-refractivity contribution >= 4 is 27.5 Å². The normalized spacial score (nSPS) is 15.0. The van der Waals surface area contributed by atoms with Crippen LogP contribution in [0.2, 0.25) is 0 Å². The van der Waals surface area contributed by atoms with Gasteiger partial charge in [0.1, 0.15) is 11.9 Å². The molecule has 0 radical (unpaired) electrons. The van der Waals surface area contributed by atoms with Crippen LogP contribution in [-0.2, 0) is 0 Å². The van der Waals surface area contributed by atoms with Crippen molar-refractivity contribution in [2.24, 2.45) is 0 Å². The first-order chi connectivity index (χ1) is 12.4. The zero-order valence-electron chi connectivity index (χ0n) is 15.0. The molecule has 8 heteroatoms. The number of nitrogens with zero attached hydrogens (tertiary/aromatic N) is 3. The Morgan fingerprint density at radius 1 is 1.23 bits per heavy atom. The summed E-state index contributed by atoms with van der Waals surface area (Å²) in [7, 11) is 0. The van der Waals surface area contributed by atoms with E-state index in [0.29, 0.717) is 11.6 Å². The summed E-state index contributed by atoms with van der Waals surface area (Å²) in [5.74, 6) is 0.444. The maximum absolute atomic E-state index is 10.5. The predicted molar refractivity (Wildman–Crippen MR) is 103 cm³/mol. The van der Waals surface area contributed by atoms with Crippen LogP contribution >= 0.6 is 11.3 Å². The number of fused-ring (bicyclic) bond motifs is 1. The second kappa shape index (κ2) is 8.05. The van der Waals surface area contributed by atoms with Crippen LogP contribution in [-0.4, -0.2) is 37.8 Å². The van der Waals surface area contributed by atoms with Crippen molar-refractivity contribution in [3.05, 3.63) is 46.7 Å². The molecule has 0 fully saturated rings. The molecule has 0 aromatic carbocycles. The van der Waals surface area contributed by atoms with Gasteiger partial charge in [0.2, 0.25) is 5.95 Å². The van der Waals surface area contributed by atoms with Gasteiger partial charge in [0.05, 0.1) is 22.4 Å². The third kappa shape index (κ3) is 4.34. The Labute approximate surface area is 156 Å². The van der Waals surface area contributed by atoms with Crippen molar-refractivity contribution in [2.45, 2.75) is 39.1 Å². The molecule has 0 aliphatic heterocycles. The van der Waals surface area contributed by atoms with Crippen LogP contribution in [0.3, 0.4) is 0 Å². The van der Waals surface area contributed by atoms with Gasteiger partial charge in [0.25, 0.3) is 0 Å². The van der Waals surface area contributed by atoms with Crippen LogP contribution in [0.4, 0.5) is 5.95 Å². The Kier molecular flexibility index (Phi) is 5.77. The van der Waals surface area contributed by atoms with E-state index in [1.54, 1.807) is 30.7 Å². The summed E-state index contributed by atoms with van der Waals surface area (Å²) in [5, 5.41) is 26.1. The van der Waals surface area contributed by atoms with E-state index in [1.165, 1.54) is 0 Å². The Morgan fingerprint density at radius 3 is 2.73 bits per heavy atom. The molecule has 3 unspecified atom stereocenters. The number of rotatable bonds is 7. The average Bonchev–Trinajstić information content (AvgIpc) is 2.99. The lowest BCUT2D eigenvalue weighted by Gasteiger charge is -2.17. The smallest absolute Gasteiger partial charge is 0.224 e. The van der Waals surface area contributed by atoms with Gasteiger partial charge in [-0.05, 0) is 38.5 Å². The van der Waals surface area contributed by atoms with Gasteiger partial charge in [0, 0.05) is 23.8 Å². The number of aromatic nitrogens is 3. The fraction of sp³-hybridized carbons (Fsp3) is 0.389. The third-order valence-electron chi connectivity index (χ3n) is 3.92. The number of aryl methyl sites for hydroxylation is 1. The molecule has 26 heavy (non-hydrogen) atoms. The SMILES string of the molecule is Cc1cc2nc(NC(C)c3cccnc3)nc(C(O)NCC(C)O)c2s1. The lowest BCUT2D eigenvalue weighted by Crippen LogP contribution is -2.29. The number of thiophene rings is 1. The molecule has 4 N–H and O–H groups in total. The first-order valence-corrected chi connectivity index (χ1v) is 9.29. The average molecular weight is 373 g/mol. The molecule has 3 rings (SSSR count). The largest absolute Gasteiger partial charge is 0.392 e. The Hall–Kier alpha value is -2.13. The second-order valence-corrected chi connectivity index (χ2v) is 7.57. The van der Waals surface area contributed by atoms with Gasteiger partial charge in [-0.25, -0.2) is 9.97 Å². The highest BCUT2D eigenvalue weighted by atomic mass is 32.1. The van der Waals surface area contributed by atoms with Gasteiger partial charge in [-0.1, -0.05) is 6.07 Å². The number of hydrogen-bond donors (Lipinski definition) is 4. The zero-order valence-corrected chi connectivity index (χ0v) is 15.8. The molecule has 3 aromatic rings. The topological polar surface area (TPSA) is 103 Å². The molecule has 3 aromatic heterocycles. The first kappa shape index (κ1) is 18.7. The molecular formula is C18H23N5O2S. The van der Waals surface area contributed by atoms with Crippen LogP contribution in [0, 0.1) is 6.92 Å². The Morgan fingerprint density at radius 2 is 2.04 bits per heavy atom. The van der Waals surface area contributed by atoms with Gasteiger partial charge in [-0.15, -0.1) is 11.3 Å². The van der Waals surface area contributed by atoms with E-state index >= 15 is 0 Å². The first-order valence-electron chi connectivity index (χ1n) is 8.48. The van der Waals surface area contributed by atoms with Gasteiger partial charge in [-0.3, -0.25) is 10.3 Å². The van der Waals surface area contributed by atoms with E-state index in [2.05, 4.69) is 25.6 Å². The van der Waals surface area contributed by atoms with Crippen molar-refractivity contribution in [3.63, 3.8) is 0 Å². The van der Waals surface area contributed by atoms with E-state index < -0.39 is 12.3 Å². The van der Waals surface area contributed by atoms with E-state index in [0.717, 1.165) is 20.7 Å². The van der Waals surface area contributed by atoms with E-state index in [1.807, 2.05) is 32.0 Å². The number of aliphatic hydroxyl groups is 2. The summed E-state index contributed by atoms with van der Waals surface area (Å²) in [6.07, 6.45) is 1.98. The lowest BCUT2D eigenvalue weighted by atomic mass is 10.1. The highest BCUT2D eigenvalue weighted by Gasteiger charge is 2.19. The highest BCUT2D eigenvalue weighted by Crippen LogP contribution is 2.30. The molecule has 0 bridgehead atoms. The summed E-state index contributed by atoms with van der Waals surface area (Å²) >= 11 is 1.54. The fourth-order valence-corrected chi connectivity index (χ4v) is 3.57. The number of hydrogen-bond acceptors (Lipinski definition) is 8. The fourth-order valence-electron chi connectivity index (χ4n) is 2.61. The third-order valence-corrected chi connectivity index (χ3v) is 4.98. The zero-order chi connectivity index (χ0) is 18.7. The van der Waals surface area contributed by atoms with Gasteiger partial charge < -0.3 is 15.5 Å². The van der Waals surface area contributed by atoms with E-state index in [4.69, 9.17) is 0 Å². The summed E-state index contributed by atoms with van der Waals surface area (Å²) in [6.45, 7) is 5.93. The van der Waals surface area contributed by atoms with Gasteiger partial charge >= 0.3 is 0 Å². The van der Waals surface area contributed by atoms with Crippen LogP contribution in [0.1, 0.15) is 42.3 Å². The summed E-state index contributed by atoms with van der Waals surface area (Å²) in [5.41, 5.74) is 2.32. The minimum absolute atomic E-state index is 0.0312. The molecule has 0 aliphatic rings. The van der Waals surface area contributed by atoms with Gasteiger partial charge in [0.15, 0.2) is 0 Å². The van der Waals surface area contributed by atoms with Crippen LogP contribution in [0.25, 0.3) is 10.2 Å². The maximum Gasteiger partial charge on any atom is 0.224 e. The molecule has 3 atom stereocenters. The summed E-state index contributed by atoms with van der Waals surface area (Å²) in [6, 6.07) is 5.82. The Balaban J connectivity index is 1.91. The summed E-state index contributed by atoms with van der Waals surface area (Å²) in [4.78, 5) is 14.3. The van der Waals surface area contributed by atoms with Crippen LogP contribution in [0.15, 0.2) is 30.6 Å². The lowest BCUT2D eigenvalue weighted by molar-refractivity contribution is 0.107. The monoisotopic (exact) mass is 373 g/mol.